The van der Waals surface area contributed by atoms with Crippen molar-refractivity contribution in [2.24, 2.45) is 5.92 Å². The Morgan fingerprint density at radius 2 is 1.58 bits per heavy atom. The number of likely N-dealkylation sites (tertiary alicyclic amines) is 1. The smallest absolute Gasteiger partial charge is 0.457 e. The number of hydrogen-bond acceptors (Lipinski definition) is 3. The molecule has 1 fully saturated rings. The van der Waals surface area contributed by atoms with Crippen LogP contribution in [0.25, 0.3) is 11.1 Å². The van der Waals surface area contributed by atoms with Gasteiger partial charge in [-0.05, 0) is 42.5 Å². The molecule has 2 aliphatic rings. The number of carbonyl (C=O) groups excluding carboxylic acids is 2. The van der Waals surface area contributed by atoms with Crippen LogP contribution in [0.2, 0.25) is 0 Å². The Hall–Kier alpha value is -3.81. The molecule has 0 aromatic heterocycles. The van der Waals surface area contributed by atoms with Gasteiger partial charge in [0.1, 0.15) is 11.5 Å². The van der Waals surface area contributed by atoms with Crippen LogP contribution in [0.1, 0.15) is 36.8 Å². The minimum absolute atomic E-state index is 0.0589. The molecule has 186 valence electrons. The van der Waals surface area contributed by atoms with E-state index < -0.39 is 12.1 Å². The molecule has 5 rings (SSSR count). The Morgan fingerprint density at radius 3 is 2.31 bits per heavy atom. The van der Waals surface area contributed by atoms with Crippen LogP contribution in [0.3, 0.4) is 0 Å². The van der Waals surface area contributed by atoms with Crippen molar-refractivity contribution in [1.82, 2.24) is 4.90 Å². The van der Waals surface area contributed by atoms with Gasteiger partial charge in [-0.3, -0.25) is 9.59 Å². The van der Waals surface area contributed by atoms with Gasteiger partial charge in [0, 0.05) is 48.3 Å². The van der Waals surface area contributed by atoms with Crippen molar-refractivity contribution in [3.8, 4) is 22.6 Å². The SMILES string of the molecule is CC(=O)Nc1ccccc1-c1ccc2c(c1)Oc1ccccc1C2C1CCN(C(=O)C(F)(F)F)CC1. The normalized spacial score (nSPS) is 17.6. The second-order valence-electron chi connectivity index (χ2n) is 9.22. The molecular weight excluding hydrogens is 469 g/mol. The first-order valence-corrected chi connectivity index (χ1v) is 11.9. The lowest BCUT2D eigenvalue weighted by Gasteiger charge is -2.39. The topological polar surface area (TPSA) is 58.6 Å². The van der Waals surface area contributed by atoms with Gasteiger partial charge in [-0.25, -0.2) is 0 Å². The molecule has 2 aliphatic heterocycles. The molecule has 1 N–H and O–H groups in total. The number of rotatable bonds is 3. The van der Waals surface area contributed by atoms with Crippen LogP contribution in [0, 0.1) is 5.92 Å². The molecule has 0 bridgehead atoms. The second-order valence-corrected chi connectivity index (χ2v) is 9.22. The highest BCUT2D eigenvalue weighted by atomic mass is 19.4. The summed E-state index contributed by atoms with van der Waals surface area (Å²) in [7, 11) is 0. The quantitative estimate of drug-likeness (QED) is 0.462. The molecule has 8 heteroatoms. The number of hydrogen-bond donors (Lipinski definition) is 1. The van der Waals surface area contributed by atoms with Crippen LogP contribution in [0.5, 0.6) is 11.5 Å². The molecule has 0 radical (unpaired) electrons. The zero-order chi connectivity index (χ0) is 25.4. The van der Waals surface area contributed by atoms with E-state index in [9.17, 15) is 22.8 Å². The summed E-state index contributed by atoms with van der Waals surface area (Å²) in [4.78, 5) is 24.3. The molecule has 1 unspecified atom stereocenters. The molecule has 0 saturated carbocycles. The highest BCUT2D eigenvalue weighted by Crippen LogP contribution is 2.51. The van der Waals surface area contributed by atoms with E-state index in [1.165, 1.54) is 6.92 Å². The van der Waals surface area contributed by atoms with Crippen LogP contribution < -0.4 is 10.1 Å². The van der Waals surface area contributed by atoms with Crippen LogP contribution in [-0.4, -0.2) is 36.0 Å². The van der Waals surface area contributed by atoms with Crippen molar-refractivity contribution in [3.05, 3.63) is 77.9 Å². The van der Waals surface area contributed by atoms with Crippen LogP contribution in [0.15, 0.2) is 66.7 Å². The van der Waals surface area contributed by atoms with Crippen LogP contribution in [0.4, 0.5) is 18.9 Å². The van der Waals surface area contributed by atoms with Crippen molar-refractivity contribution < 1.29 is 27.5 Å². The van der Waals surface area contributed by atoms with Crippen molar-refractivity contribution >= 4 is 17.5 Å². The van der Waals surface area contributed by atoms with Gasteiger partial charge in [-0.15, -0.1) is 0 Å². The predicted molar refractivity (Wildman–Crippen MR) is 130 cm³/mol. The Kier molecular flexibility index (Phi) is 6.20. The number of nitrogens with zero attached hydrogens (tertiary/aromatic N) is 1. The van der Waals surface area contributed by atoms with Gasteiger partial charge in [0.25, 0.3) is 0 Å². The number of alkyl halides is 3. The molecule has 3 aromatic rings. The summed E-state index contributed by atoms with van der Waals surface area (Å²) in [5.41, 5.74) is 4.39. The maximum Gasteiger partial charge on any atom is 0.471 e. The van der Waals surface area contributed by atoms with Gasteiger partial charge in [0.15, 0.2) is 0 Å². The number of benzene rings is 3. The van der Waals surface area contributed by atoms with E-state index >= 15 is 0 Å². The average Bonchev–Trinajstić information content (AvgIpc) is 2.86. The first-order chi connectivity index (χ1) is 17.2. The van der Waals surface area contributed by atoms with Crippen LogP contribution >= 0.6 is 0 Å². The summed E-state index contributed by atoms with van der Waals surface area (Å²) < 4.78 is 45.1. The lowest BCUT2D eigenvalue weighted by atomic mass is 9.74. The number of carbonyl (C=O) groups is 2. The van der Waals surface area contributed by atoms with Crippen molar-refractivity contribution in [3.63, 3.8) is 0 Å². The third-order valence-corrected chi connectivity index (χ3v) is 6.91. The number of piperidine rings is 1. The first kappa shape index (κ1) is 23.9. The molecule has 5 nitrogen and oxygen atoms in total. The lowest BCUT2D eigenvalue weighted by molar-refractivity contribution is -0.186. The summed E-state index contributed by atoms with van der Waals surface area (Å²) in [6.45, 7) is 1.60. The summed E-state index contributed by atoms with van der Waals surface area (Å²) in [5, 5.41) is 2.86. The summed E-state index contributed by atoms with van der Waals surface area (Å²) >= 11 is 0. The van der Waals surface area contributed by atoms with Gasteiger partial charge in [0.2, 0.25) is 5.91 Å². The fourth-order valence-corrected chi connectivity index (χ4v) is 5.32. The minimum Gasteiger partial charge on any atom is -0.457 e. The standard InChI is InChI=1S/C28H25F3N2O3/c1-17(34)32-23-8-4-2-6-20(23)19-10-11-22-25(16-19)36-24-9-5-3-7-21(24)26(22)18-12-14-33(15-13-18)27(35)28(29,30)31/h2-11,16,18,26H,12-15H2,1H3,(H,32,34). The number of para-hydroxylation sites is 2. The van der Waals surface area contributed by atoms with Crippen molar-refractivity contribution in [2.45, 2.75) is 31.9 Å². The molecule has 36 heavy (non-hydrogen) atoms. The van der Waals surface area contributed by atoms with E-state index in [2.05, 4.69) is 5.32 Å². The van der Waals surface area contributed by atoms with Gasteiger partial charge in [0.05, 0.1) is 0 Å². The average molecular weight is 495 g/mol. The maximum absolute atomic E-state index is 12.9. The Bertz CT molecular complexity index is 1310. The minimum atomic E-state index is -4.85. The second kappa shape index (κ2) is 9.33. The molecule has 1 saturated heterocycles. The van der Waals surface area contributed by atoms with Gasteiger partial charge in [-0.2, -0.15) is 13.2 Å². The van der Waals surface area contributed by atoms with Gasteiger partial charge >= 0.3 is 12.1 Å². The summed E-state index contributed by atoms with van der Waals surface area (Å²) in [6.07, 6.45) is -3.92. The molecule has 3 aromatic carbocycles. The number of amides is 2. The van der Waals surface area contributed by atoms with Crippen molar-refractivity contribution in [1.29, 1.82) is 0 Å². The molecule has 1 atom stereocenters. The lowest BCUT2D eigenvalue weighted by Crippen LogP contribution is -2.46. The predicted octanol–water partition coefficient (Wildman–Crippen LogP) is 6.35. The first-order valence-electron chi connectivity index (χ1n) is 11.9. The Balaban J connectivity index is 1.48. The van der Waals surface area contributed by atoms with Crippen LogP contribution in [-0.2, 0) is 9.59 Å². The number of ether oxygens (including phenoxy) is 1. The van der Waals surface area contributed by atoms with E-state index in [1.54, 1.807) is 0 Å². The molecular formula is C28H25F3N2O3. The van der Waals surface area contributed by atoms with E-state index in [4.69, 9.17) is 4.74 Å². The van der Waals surface area contributed by atoms with E-state index in [1.807, 2.05) is 66.7 Å². The monoisotopic (exact) mass is 494 g/mol. The largest absolute Gasteiger partial charge is 0.471 e. The molecule has 2 amide bonds. The number of anilines is 1. The number of nitrogens with one attached hydrogen (secondary N) is 1. The zero-order valence-corrected chi connectivity index (χ0v) is 19.6. The summed E-state index contributed by atoms with van der Waals surface area (Å²) in [5.74, 6) is -0.535. The Labute approximate surface area is 206 Å². The molecule has 0 spiro atoms. The van der Waals surface area contributed by atoms with Crippen molar-refractivity contribution in [2.75, 3.05) is 18.4 Å². The summed E-state index contributed by atoms with van der Waals surface area (Å²) in [6, 6.07) is 21.2. The van der Waals surface area contributed by atoms with E-state index in [0.29, 0.717) is 24.3 Å². The van der Waals surface area contributed by atoms with Gasteiger partial charge < -0.3 is 15.0 Å². The van der Waals surface area contributed by atoms with E-state index in [-0.39, 0.29) is 30.8 Å². The Morgan fingerprint density at radius 1 is 0.917 bits per heavy atom. The molecule has 0 aliphatic carbocycles. The number of fused-ring (bicyclic) bond motifs is 2. The van der Waals surface area contributed by atoms with Gasteiger partial charge in [-0.1, -0.05) is 48.5 Å². The fraction of sp³-hybridized carbons (Fsp3) is 0.286. The maximum atomic E-state index is 12.9. The molecule has 2 heterocycles. The highest BCUT2D eigenvalue weighted by Gasteiger charge is 2.44. The third kappa shape index (κ3) is 4.55. The zero-order valence-electron chi connectivity index (χ0n) is 19.6. The fourth-order valence-electron chi connectivity index (χ4n) is 5.32. The third-order valence-electron chi connectivity index (χ3n) is 6.91. The number of halogens is 3. The highest BCUT2D eigenvalue weighted by molar-refractivity contribution is 5.94. The van der Waals surface area contributed by atoms with E-state index in [0.717, 1.165) is 32.9 Å².